The molecule has 2 aliphatic carbocycles. The van der Waals surface area contributed by atoms with Crippen LogP contribution in [0.15, 0.2) is 96.6 Å². The first-order valence-corrected chi connectivity index (χ1v) is 11.5. The van der Waals surface area contributed by atoms with Gasteiger partial charge in [-0.25, -0.2) is 4.90 Å². The van der Waals surface area contributed by atoms with Gasteiger partial charge in [-0.2, -0.15) is 0 Å². The molecule has 4 atom stereocenters. The van der Waals surface area contributed by atoms with Crippen molar-refractivity contribution in [2.24, 2.45) is 23.7 Å². The predicted octanol–water partition coefficient (Wildman–Crippen LogP) is 5.73. The number of imide groups is 1. The van der Waals surface area contributed by atoms with Crippen molar-refractivity contribution in [2.75, 3.05) is 4.90 Å². The fourth-order valence-electron chi connectivity index (χ4n) is 6.10. The summed E-state index contributed by atoms with van der Waals surface area (Å²) >= 11 is 0. The average Bonchev–Trinajstić information content (AvgIpc) is 3.46. The van der Waals surface area contributed by atoms with E-state index in [4.69, 9.17) is 0 Å². The van der Waals surface area contributed by atoms with Crippen LogP contribution in [0.4, 0.5) is 5.69 Å². The SMILES string of the molecule is Cc1ccc(N2C(=O)[C@H]3[C@H](C2=O)[C@H]2C=C[C@H]3C2=C(c2ccccc2)c2ccccc2)c(C)c1. The van der Waals surface area contributed by atoms with Gasteiger partial charge in [0.15, 0.2) is 0 Å². The Kier molecular flexibility index (Phi) is 4.48. The second kappa shape index (κ2) is 7.41. The molecule has 0 spiro atoms. The first kappa shape index (κ1) is 19.9. The van der Waals surface area contributed by atoms with Gasteiger partial charge < -0.3 is 0 Å². The van der Waals surface area contributed by atoms with Crippen LogP contribution in [0.25, 0.3) is 5.57 Å². The zero-order valence-electron chi connectivity index (χ0n) is 18.7. The number of amides is 2. The van der Waals surface area contributed by atoms with Crippen molar-refractivity contribution >= 4 is 23.1 Å². The zero-order chi connectivity index (χ0) is 22.7. The average molecular weight is 432 g/mol. The van der Waals surface area contributed by atoms with Crippen LogP contribution in [-0.4, -0.2) is 11.8 Å². The van der Waals surface area contributed by atoms with Gasteiger partial charge >= 0.3 is 0 Å². The van der Waals surface area contributed by atoms with E-state index in [1.54, 1.807) is 0 Å². The normalized spacial score (nSPS) is 25.2. The highest BCUT2D eigenvalue weighted by molar-refractivity contribution is 6.23. The van der Waals surface area contributed by atoms with E-state index in [-0.39, 0.29) is 35.5 Å². The molecule has 3 aromatic carbocycles. The van der Waals surface area contributed by atoms with Crippen LogP contribution in [0.2, 0.25) is 0 Å². The van der Waals surface area contributed by atoms with Crippen molar-refractivity contribution in [1.29, 1.82) is 0 Å². The van der Waals surface area contributed by atoms with Crippen LogP contribution in [0.1, 0.15) is 22.3 Å². The molecule has 6 rings (SSSR count). The number of carbonyl (C=O) groups excluding carboxylic acids is 2. The lowest BCUT2D eigenvalue weighted by molar-refractivity contribution is -0.122. The third-order valence-corrected chi connectivity index (χ3v) is 7.42. The molecular weight excluding hydrogens is 406 g/mol. The maximum Gasteiger partial charge on any atom is 0.238 e. The molecule has 0 unspecified atom stereocenters. The van der Waals surface area contributed by atoms with Crippen molar-refractivity contribution in [1.82, 2.24) is 0 Å². The Balaban J connectivity index is 1.49. The first-order chi connectivity index (χ1) is 16.1. The minimum atomic E-state index is -0.328. The van der Waals surface area contributed by atoms with Crippen molar-refractivity contribution in [3.05, 3.63) is 119 Å². The van der Waals surface area contributed by atoms with Gasteiger partial charge in [0.25, 0.3) is 0 Å². The second-order valence-corrected chi connectivity index (χ2v) is 9.35. The Morgan fingerprint density at radius 2 is 1.21 bits per heavy atom. The van der Waals surface area contributed by atoms with Crippen LogP contribution >= 0.6 is 0 Å². The summed E-state index contributed by atoms with van der Waals surface area (Å²) < 4.78 is 0. The van der Waals surface area contributed by atoms with E-state index in [2.05, 4.69) is 36.4 Å². The molecule has 0 aromatic heterocycles. The number of carbonyl (C=O) groups is 2. The number of aryl methyl sites for hydroxylation is 2. The van der Waals surface area contributed by atoms with Gasteiger partial charge in [-0.05, 0) is 47.8 Å². The zero-order valence-corrected chi connectivity index (χ0v) is 18.7. The number of nitrogens with zero attached hydrogens (tertiary/aromatic N) is 1. The lowest BCUT2D eigenvalue weighted by Gasteiger charge is -2.22. The van der Waals surface area contributed by atoms with Crippen molar-refractivity contribution < 1.29 is 9.59 Å². The summed E-state index contributed by atoms with van der Waals surface area (Å²) in [5.74, 6) is -0.889. The van der Waals surface area contributed by atoms with Crippen molar-refractivity contribution in [3.63, 3.8) is 0 Å². The molecule has 3 aromatic rings. The molecule has 2 fully saturated rings. The van der Waals surface area contributed by atoms with Gasteiger partial charge in [-0.15, -0.1) is 0 Å². The lowest BCUT2D eigenvalue weighted by atomic mass is 9.85. The van der Waals surface area contributed by atoms with Crippen LogP contribution in [-0.2, 0) is 9.59 Å². The van der Waals surface area contributed by atoms with Crippen molar-refractivity contribution in [3.8, 4) is 0 Å². The summed E-state index contributed by atoms with van der Waals surface area (Å²) in [5.41, 5.74) is 7.43. The maximum absolute atomic E-state index is 13.7. The van der Waals surface area contributed by atoms with Gasteiger partial charge in [0.05, 0.1) is 17.5 Å². The number of hydrogen-bond donors (Lipinski definition) is 0. The van der Waals surface area contributed by atoms with Gasteiger partial charge in [0.1, 0.15) is 0 Å². The van der Waals surface area contributed by atoms with Crippen LogP contribution in [0, 0.1) is 37.5 Å². The Hall–Kier alpha value is -3.72. The topological polar surface area (TPSA) is 37.4 Å². The number of allylic oxidation sites excluding steroid dienone is 3. The molecule has 2 bridgehead atoms. The Bertz CT molecular complexity index is 1260. The molecule has 3 heteroatoms. The minimum Gasteiger partial charge on any atom is -0.274 e. The Labute approximate surface area is 194 Å². The fraction of sp³-hybridized carbons (Fsp3) is 0.200. The minimum absolute atomic E-state index is 0.0531. The molecule has 0 N–H and O–H groups in total. The quantitative estimate of drug-likeness (QED) is 0.392. The van der Waals surface area contributed by atoms with Gasteiger partial charge in [-0.1, -0.05) is 90.5 Å². The summed E-state index contributed by atoms with van der Waals surface area (Å²) in [7, 11) is 0. The summed E-state index contributed by atoms with van der Waals surface area (Å²) in [6, 6.07) is 26.6. The molecule has 1 saturated heterocycles. The standard InChI is InChI=1S/C30H25NO2/c1-18-13-16-24(19(2)17-18)31-29(32)27-22-14-15-23(28(27)30(31)33)26(22)25(20-9-5-3-6-10-20)21-11-7-4-8-12-21/h3-17,22-23,27-28H,1-2H3/t22-,23-,27+,28+/m0/s1. The van der Waals surface area contributed by atoms with Crippen LogP contribution in [0.3, 0.4) is 0 Å². The largest absolute Gasteiger partial charge is 0.274 e. The number of rotatable bonds is 3. The van der Waals surface area contributed by atoms with E-state index in [0.717, 1.165) is 33.5 Å². The monoisotopic (exact) mass is 431 g/mol. The molecule has 162 valence electrons. The van der Waals surface area contributed by atoms with E-state index in [1.807, 2.05) is 68.4 Å². The van der Waals surface area contributed by atoms with Crippen LogP contribution in [0.5, 0.6) is 0 Å². The highest BCUT2D eigenvalue weighted by atomic mass is 16.2. The smallest absolute Gasteiger partial charge is 0.238 e. The third-order valence-electron chi connectivity index (χ3n) is 7.42. The molecular formula is C30H25NO2. The number of hydrogen-bond acceptors (Lipinski definition) is 2. The highest BCUT2D eigenvalue weighted by Gasteiger charge is 2.62. The van der Waals surface area contributed by atoms with E-state index in [1.165, 1.54) is 10.5 Å². The van der Waals surface area contributed by atoms with Crippen LogP contribution < -0.4 is 4.90 Å². The van der Waals surface area contributed by atoms with Gasteiger partial charge in [0, 0.05) is 11.8 Å². The van der Waals surface area contributed by atoms with E-state index in [9.17, 15) is 9.59 Å². The van der Waals surface area contributed by atoms with E-state index >= 15 is 0 Å². The molecule has 0 radical (unpaired) electrons. The van der Waals surface area contributed by atoms with E-state index < -0.39 is 0 Å². The number of fused-ring (bicyclic) bond motifs is 5. The molecule has 2 amide bonds. The number of anilines is 1. The summed E-state index contributed by atoms with van der Waals surface area (Å²) in [6.07, 6.45) is 4.31. The molecule has 1 heterocycles. The molecule has 33 heavy (non-hydrogen) atoms. The lowest BCUT2D eigenvalue weighted by Crippen LogP contribution is -2.33. The molecule has 1 aliphatic heterocycles. The summed E-state index contributed by atoms with van der Waals surface area (Å²) in [4.78, 5) is 28.9. The highest BCUT2D eigenvalue weighted by Crippen LogP contribution is 2.59. The third kappa shape index (κ3) is 2.88. The second-order valence-electron chi connectivity index (χ2n) is 9.35. The van der Waals surface area contributed by atoms with E-state index in [0.29, 0.717) is 0 Å². The predicted molar refractivity (Wildman–Crippen MR) is 130 cm³/mol. The molecule has 3 nitrogen and oxygen atoms in total. The van der Waals surface area contributed by atoms with Crippen molar-refractivity contribution in [2.45, 2.75) is 13.8 Å². The molecule has 1 saturated carbocycles. The Morgan fingerprint density at radius 1 is 0.697 bits per heavy atom. The van der Waals surface area contributed by atoms with Gasteiger partial charge in [-0.3, -0.25) is 9.59 Å². The Morgan fingerprint density at radius 3 is 1.70 bits per heavy atom. The summed E-state index contributed by atoms with van der Waals surface area (Å²) in [5, 5.41) is 0. The van der Waals surface area contributed by atoms with Gasteiger partial charge in [0.2, 0.25) is 11.8 Å². The fourth-order valence-corrected chi connectivity index (χ4v) is 6.10. The molecule has 3 aliphatic rings. The number of benzene rings is 3. The summed E-state index contributed by atoms with van der Waals surface area (Å²) in [6.45, 7) is 3.99. The maximum atomic E-state index is 13.7. The first-order valence-electron chi connectivity index (χ1n) is 11.5.